The van der Waals surface area contributed by atoms with Gasteiger partial charge in [0, 0.05) is 26.0 Å². The number of hydrogen-bond donors (Lipinski definition) is 1. The molecule has 3 rings (SSSR count). The smallest absolute Gasteiger partial charge is 0.262 e. The molecule has 0 bridgehead atoms. The molecule has 1 N–H and O–H groups in total. The number of nitrogens with zero attached hydrogens (tertiary/aromatic N) is 3. The molecule has 118 valence electrons. The van der Waals surface area contributed by atoms with Gasteiger partial charge < -0.3 is 5.32 Å². The molecule has 6 nitrogen and oxygen atoms in total. The van der Waals surface area contributed by atoms with Crippen LogP contribution in [0.3, 0.4) is 0 Å². The van der Waals surface area contributed by atoms with Crippen molar-refractivity contribution in [3.63, 3.8) is 0 Å². The van der Waals surface area contributed by atoms with E-state index in [4.69, 9.17) is 0 Å². The van der Waals surface area contributed by atoms with E-state index in [1.165, 1.54) is 15.9 Å². The third-order valence-corrected chi connectivity index (χ3v) is 4.96. The third-order valence-electron chi connectivity index (χ3n) is 3.78. The SMILES string of the molecule is Cc1c(C(=O)NCc2cccnc2)sc2nc(C)n(C)c(=O)c12. The van der Waals surface area contributed by atoms with Crippen molar-refractivity contribution in [3.05, 3.63) is 56.7 Å². The molecular weight excluding hydrogens is 312 g/mol. The minimum atomic E-state index is -0.200. The van der Waals surface area contributed by atoms with E-state index in [1.807, 2.05) is 12.1 Å². The molecule has 0 saturated heterocycles. The van der Waals surface area contributed by atoms with Crippen LogP contribution in [0.4, 0.5) is 0 Å². The minimum Gasteiger partial charge on any atom is -0.347 e. The summed E-state index contributed by atoms with van der Waals surface area (Å²) >= 11 is 1.25. The Hall–Kier alpha value is -2.54. The molecular formula is C16H16N4O2S. The Labute approximate surface area is 136 Å². The van der Waals surface area contributed by atoms with Gasteiger partial charge in [-0.25, -0.2) is 4.98 Å². The van der Waals surface area contributed by atoms with Gasteiger partial charge in [0.25, 0.3) is 11.5 Å². The number of fused-ring (bicyclic) bond motifs is 1. The molecule has 0 unspecified atom stereocenters. The summed E-state index contributed by atoms with van der Waals surface area (Å²) in [5.41, 5.74) is 1.49. The molecule has 0 fully saturated rings. The van der Waals surface area contributed by atoms with Crippen molar-refractivity contribution < 1.29 is 4.79 Å². The zero-order valence-electron chi connectivity index (χ0n) is 13.1. The first kappa shape index (κ1) is 15.4. The number of pyridine rings is 1. The van der Waals surface area contributed by atoms with Crippen LogP contribution in [0, 0.1) is 13.8 Å². The van der Waals surface area contributed by atoms with E-state index in [-0.39, 0.29) is 11.5 Å². The first-order chi connectivity index (χ1) is 11.0. The zero-order valence-corrected chi connectivity index (χ0v) is 13.9. The zero-order chi connectivity index (χ0) is 16.6. The van der Waals surface area contributed by atoms with Crippen LogP contribution in [-0.4, -0.2) is 20.4 Å². The predicted molar refractivity (Wildman–Crippen MR) is 89.7 cm³/mol. The Morgan fingerprint density at radius 2 is 2.17 bits per heavy atom. The number of aryl methyl sites for hydroxylation is 2. The fourth-order valence-electron chi connectivity index (χ4n) is 2.35. The molecule has 3 aromatic heterocycles. The summed E-state index contributed by atoms with van der Waals surface area (Å²) in [7, 11) is 1.68. The number of rotatable bonds is 3. The standard InChI is InChI=1S/C16H16N4O2S/c1-9-12-15(19-10(2)20(3)16(12)22)23-13(9)14(21)18-8-11-5-4-6-17-7-11/h4-7H,8H2,1-3H3,(H,18,21). The minimum absolute atomic E-state index is 0.118. The lowest BCUT2D eigenvalue weighted by molar-refractivity contribution is 0.0954. The molecule has 3 aromatic rings. The second kappa shape index (κ2) is 5.92. The van der Waals surface area contributed by atoms with E-state index in [1.54, 1.807) is 33.3 Å². The molecule has 0 aliphatic carbocycles. The Morgan fingerprint density at radius 1 is 1.39 bits per heavy atom. The topological polar surface area (TPSA) is 76.9 Å². The van der Waals surface area contributed by atoms with Crippen LogP contribution in [0.15, 0.2) is 29.3 Å². The lowest BCUT2D eigenvalue weighted by Crippen LogP contribution is -2.23. The Bertz CT molecular complexity index is 944. The highest BCUT2D eigenvalue weighted by atomic mass is 32.1. The predicted octanol–water partition coefficient (Wildman–Crippen LogP) is 1.94. The van der Waals surface area contributed by atoms with Crippen molar-refractivity contribution in [2.45, 2.75) is 20.4 Å². The van der Waals surface area contributed by atoms with Crippen LogP contribution in [0.2, 0.25) is 0 Å². The highest BCUT2D eigenvalue weighted by molar-refractivity contribution is 7.20. The first-order valence-corrected chi connectivity index (χ1v) is 7.94. The maximum absolute atomic E-state index is 12.4. The summed E-state index contributed by atoms with van der Waals surface area (Å²) in [4.78, 5) is 34.4. The monoisotopic (exact) mass is 328 g/mol. The Balaban J connectivity index is 1.94. The van der Waals surface area contributed by atoms with Crippen molar-refractivity contribution in [2.24, 2.45) is 7.05 Å². The number of amides is 1. The van der Waals surface area contributed by atoms with Gasteiger partial charge in [0.1, 0.15) is 10.7 Å². The summed E-state index contributed by atoms with van der Waals surface area (Å²) in [6.07, 6.45) is 3.39. The maximum atomic E-state index is 12.4. The van der Waals surface area contributed by atoms with Gasteiger partial charge in [0.15, 0.2) is 0 Å². The Kier molecular flexibility index (Phi) is 3.96. The molecule has 1 amide bonds. The molecule has 0 aliphatic rings. The summed E-state index contributed by atoms with van der Waals surface area (Å²) in [5, 5.41) is 3.38. The molecule has 0 aliphatic heterocycles. The number of carbonyl (C=O) groups is 1. The molecule has 0 radical (unpaired) electrons. The Morgan fingerprint density at radius 3 is 2.87 bits per heavy atom. The van der Waals surface area contributed by atoms with Crippen molar-refractivity contribution >= 4 is 27.5 Å². The molecule has 7 heteroatoms. The molecule has 0 atom stereocenters. The fourth-order valence-corrected chi connectivity index (χ4v) is 3.48. The van der Waals surface area contributed by atoms with Gasteiger partial charge in [-0.3, -0.25) is 19.1 Å². The number of thiophene rings is 1. The van der Waals surface area contributed by atoms with E-state index in [2.05, 4.69) is 15.3 Å². The van der Waals surface area contributed by atoms with Crippen LogP contribution in [0.25, 0.3) is 10.2 Å². The average molecular weight is 328 g/mol. The third kappa shape index (κ3) is 2.75. The average Bonchev–Trinajstić information content (AvgIpc) is 2.88. The van der Waals surface area contributed by atoms with Gasteiger partial charge in [-0.15, -0.1) is 11.3 Å². The van der Waals surface area contributed by atoms with E-state index < -0.39 is 0 Å². The van der Waals surface area contributed by atoms with Crippen LogP contribution < -0.4 is 10.9 Å². The van der Waals surface area contributed by atoms with Gasteiger partial charge in [-0.1, -0.05) is 6.07 Å². The summed E-state index contributed by atoms with van der Waals surface area (Å²) in [6.45, 7) is 3.96. The highest BCUT2D eigenvalue weighted by Crippen LogP contribution is 2.27. The van der Waals surface area contributed by atoms with Crippen LogP contribution >= 0.6 is 11.3 Å². The largest absolute Gasteiger partial charge is 0.347 e. The number of hydrogen-bond acceptors (Lipinski definition) is 5. The maximum Gasteiger partial charge on any atom is 0.262 e. The quantitative estimate of drug-likeness (QED) is 0.797. The van der Waals surface area contributed by atoms with E-state index in [0.717, 1.165) is 5.56 Å². The highest BCUT2D eigenvalue weighted by Gasteiger charge is 2.19. The second-order valence-electron chi connectivity index (χ2n) is 5.30. The van der Waals surface area contributed by atoms with E-state index in [0.29, 0.717) is 33.0 Å². The van der Waals surface area contributed by atoms with Crippen LogP contribution in [0.5, 0.6) is 0 Å². The molecule has 0 spiro atoms. The van der Waals surface area contributed by atoms with E-state index in [9.17, 15) is 9.59 Å². The normalized spacial score (nSPS) is 10.9. The lowest BCUT2D eigenvalue weighted by Gasteiger charge is -2.04. The molecule has 0 aromatic carbocycles. The molecule has 23 heavy (non-hydrogen) atoms. The van der Waals surface area contributed by atoms with E-state index >= 15 is 0 Å². The van der Waals surface area contributed by atoms with Crippen molar-refractivity contribution in [1.29, 1.82) is 0 Å². The summed E-state index contributed by atoms with van der Waals surface area (Å²) in [5.74, 6) is 0.431. The molecule has 0 saturated carbocycles. The first-order valence-electron chi connectivity index (χ1n) is 7.13. The van der Waals surface area contributed by atoms with Gasteiger partial charge in [-0.05, 0) is 31.0 Å². The number of aromatic nitrogens is 3. The van der Waals surface area contributed by atoms with Crippen LogP contribution in [-0.2, 0) is 13.6 Å². The van der Waals surface area contributed by atoms with Crippen molar-refractivity contribution in [2.75, 3.05) is 0 Å². The lowest BCUT2D eigenvalue weighted by atomic mass is 10.2. The van der Waals surface area contributed by atoms with Gasteiger partial charge in [-0.2, -0.15) is 0 Å². The van der Waals surface area contributed by atoms with Crippen LogP contribution in [0.1, 0.15) is 26.6 Å². The number of carbonyl (C=O) groups excluding carboxylic acids is 1. The van der Waals surface area contributed by atoms with Crippen molar-refractivity contribution in [3.8, 4) is 0 Å². The molecule has 3 heterocycles. The van der Waals surface area contributed by atoms with Gasteiger partial charge >= 0.3 is 0 Å². The second-order valence-corrected chi connectivity index (χ2v) is 6.30. The summed E-state index contributed by atoms with van der Waals surface area (Å²) in [6, 6.07) is 3.72. The number of nitrogens with one attached hydrogen (secondary N) is 1. The van der Waals surface area contributed by atoms with Gasteiger partial charge in [0.05, 0.1) is 10.3 Å². The van der Waals surface area contributed by atoms with Gasteiger partial charge in [0.2, 0.25) is 0 Å². The fraction of sp³-hybridized carbons (Fsp3) is 0.250. The van der Waals surface area contributed by atoms with Crippen molar-refractivity contribution in [1.82, 2.24) is 19.9 Å². The summed E-state index contributed by atoms with van der Waals surface area (Å²) < 4.78 is 1.50.